The summed E-state index contributed by atoms with van der Waals surface area (Å²) in [4.78, 5) is 37.0. The second kappa shape index (κ2) is 11.1. The fraction of sp³-hybridized carbons (Fsp3) is 0.690. The number of allylic oxidation sites excluding steroid dienone is 2. The van der Waals surface area contributed by atoms with Gasteiger partial charge in [0.15, 0.2) is 0 Å². The van der Waals surface area contributed by atoms with E-state index in [1.165, 1.54) is 13.8 Å². The van der Waals surface area contributed by atoms with Crippen molar-refractivity contribution in [2.24, 2.45) is 28.6 Å². The zero-order valence-electron chi connectivity index (χ0n) is 23.0. The molecule has 0 aromatic carbocycles. The van der Waals surface area contributed by atoms with Crippen LogP contribution in [0.2, 0.25) is 0 Å². The van der Waals surface area contributed by atoms with Gasteiger partial charge in [-0.2, -0.15) is 0 Å². The lowest BCUT2D eigenvalue weighted by atomic mass is 9.45. The molecule has 37 heavy (non-hydrogen) atoms. The Morgan fingerprint density at radius 1 is 1.22 bits per heavy atom. The van der Waals surface area contributed by atoms with Crippen molar-refractivity contribution in [2.75, 3.05) is 0 Å². The first kappa shape index (κ1) is 29.1. The quantitative estimate of drug-likeness (QED) is 0.204. The van der Waals surface area contributed by atoms with E-state index in [0.29, 0.717) is 31.3 Å². The van der Waals surface area contributed by atoms with Gasteiger partial charge in [0, 0.05) is 19.4 Å². The minimum atomic E-state index is -1.18. The maximum atomic E-state index is 12.8. The third kappa shape index (κ3) is 5.28. The molecule has 1 aliphatic heterocycles. The SMILES string of the molecule is C=CC(=C)CC[C@@]1(C)[C@@H](C)C[C@@H](O)C23C(=C[C@@H](OC(=O)C(C)CC)C[C@@H]21)[C@H](OC(C)=O)O[C@@H]3OC(C)=O. The van der Waals surface area contributed by atoms with Crippen molar-refractivity contribution in [3.8, 4) is 0 Å². The topological polar surface area (TPSA) is 108 Å². The van der Waals surface area contributed by atoms with Crippen molar-refractivity contribution in [3.63, 3.8) is 0 Å². The third-order valence-corrected chi connectivity index (χ3v) is 8.95. The van der Waals surface area contributed by atoms with Crippen molar-refractivity contribution in [1.82, 2.24) is 0 Å². The van der Waals surface area contributed by atoms with Crippen molar-refractivity contribution >= 4 is 17.9 Å². The van der Waals surface area contributed by atoms with Crippen LogP contribution in [-0.4, -0.2) is 47.8 Å². The number of aliphatic hydroxyl groups is 1. The molecule has 8 heteroatoms. The van der Waals surface area contributed by atoms with Gasteiger partial charge in [-0.1, -0.05) is 52.5 Å². The summed E-state index contributed by atoms with van der Waals surface area (Å²) in [5, 5.41) is 11.7. The summed E-state index contributed by atoms with van der Waals surface area (Å²) in [5.41, 5.74) is -0.169. The number of hydrogen-bond acceptors (Lipinski definition) is 8. The van der Waals surface area contributed by atoms with Crippen LogP contribution in [0, 0.1) is 28.6 Å². The minimum Gasteiger partial charge on any atom is -0.458 e. The summed E-state index contributed by atoms with van der Waals surface area (Å²) in [6, 6.07) is 0. The first-order chi connectivity index (χ1) is 17.3. The van der Waals surface area contributed by atoms with Gasteiger partial charge in [-0.05, 0) is 55.4 Å². The Hall–Kier alpha value is -2.45. The lowest BCUT2D eigenvalue weighted by molar-refractivity contribution is -0.254. The van der Waals surface area contributed by atoms with Gasteiger partial charge in [0.1, 0.15) is 6.10 Å². The Morgan fingerprint density at radius 3 is 2.43 bits per heavy atom. The van der Waals surface area contributed by atoms with Crippen molar-refractivity contribution in [3.05, 3.63) is 36.5 Å². The normalized spacial score (nSPS) is 37.3. The van der Waals surface area contributed by atoms with E-state index in [4.69, 9.17) is 18.9 Å². The van der Waals surface area contributed by atoms with Crippen LogP contribution in [0.1, 0.15) is 73.6 Å². The van der Waals surface area contributed by atoms with Crippen LogP contribution < -0.4 is 0 Å². The zero-order chi connectivity index (χ0) is 27.7. The zero-order valence-corrected chi connectivity index (χ0v) is 23.0. The Bertz CT molecular complexity index is 969. The van der Waals surface area contributed by atoms with Gasteiger partial charge >= 0.3 is 17.9 Å². The molecule has 1 N–H and O–H groups in total. The Balaban J connectivity index is 2.19. The second-order valence-corrected chi connectivity index (χ2v) is 11.2. The summed E-state index contributed by atoms with van der Waals surface area (Å²) < 4.78 is 23.2. The van der Waals surface area contributed by atoms with Crippen LogP contribution >= 0.6 is 0 Å². The van der Waals surface area contributed by atoms with E-state index in [9.17, 15) is 19.5 Å². The lowest BCUT2D eigenvalue weighted by Crippen LogP contribution is -2.63. The Morgan fingerprint density at radius 2 is 1.86 bits per heavy atom. The second-order valence-electron chi connectivity index (χ2n) is 11.2. The van der Waals surface area contributed by atoms with E-state index < -0.39 is 47.6 Å². The molecule has 1 saturated heterocycles. The number of ether oxygens (including phenoxy) is 4. The predicted octanol–water partition coefficient (Wildman–Crippen LogP) is 4.62. The van der Waals surface area contributed by atoms with E-state index in [0.717, 1.165) is 12.0 Å². The largest absolute Gasteiger partial charge is 0.458 e. The van der Waals surface area contributed by atoms with E-state index in [-0.39, 0.29) is 23.7 Å². The molecule has 1 heterocycles. The van der Waals surface area contributed by atoms with Crippen LogP contribution in [0.25, 0.3) is 0 Å². The molecule has 0 radical (unpaired) electrons. The van der Waals surface area contributed by atoms with Crippen LogP contribution in [0.5, 0.6) is 0 Å². The standard InChI is InChI=1S/C29H42O8/c1-9-16(3)11-12-28(8)18(5)13-24(32)29-22(26(34-19(6)30)37-27(29)35-20(7)31)14-21(15-23(28)29)36-25(33)17(4)10-2/h9,14,17-18,21,23-24,26-27,32H,1,3,10-13,15H2,2,4-8H3/t17?,18-,21+,23+,24+,26+,27-,28-,29?/m0/s1. The van der Waals surface area contributed by atoms with Crippen LogP contribution in [-0.2, 0) is 33.3 Å². The molecular formula is C29H42O8. The van der Waals surface area contributed by atoms with E-state index in [2.05, 4.69) is 27.0 Å². The minimum absolute atomic E-state index is 0.0757. The first-order valence-electron chi connectivity index (χ1n) is 13.2. The fourth-order valence-corrected chi connectivity index (χ4v) is 6.45. The molecule has 0 amide bonds. The molecule has 0 bridgehead atoms. The Kier molecular flexibility index (Phi) is 8.75. The fourth-order valence-electron chi connectivity index (χ4n) is 6.45. The molecular weight excluding hydrogens is 476 g/mol. The highest BCUT2D eigenvalue weighted by atomic mass is 16.8. The van der Waals surface area contributed by atoms with Crippen molar-refractivity contribution in [2.45, 2.75) is 98.4 Å². The highest BCUT2D eigenvalue weighted by Crippen LogP contribution is 2.67. The molecule has 2 aliphatic carbocycles. The molecule has 3 rings (SSSR count). The molecule has 206 valence electrons. The molecule has 1 saturated carbocycles. The molecule has 9 atom stereocenters. The highest BCUT2D eigenvalue weighted by Gasteiger charge is 2.71. The van der Waals surface area contributed by atoms with Crippen molar-refractivity contribution in [1.29, 1.82) is 0 Å². The molecule has 3 aliphatic rings. The van der Waals surface area contributed by atoms with Crippen LogP contribution in [0.4, 0.5) is 0 Å². The average molecular weight is 519 g/mol. The summed E-state index contributed by atoms with van der Waals surface area (Å²) in [6.07, 6.45) is 2.45. The van der Waals surface area contributed by atoms with Crippen molar-refractivity contribution < 1.29 is 38.4 Å². The number of carbonyl (C=O) groups excluding carboxylic acids is 3. The van der Waals surface area contributed by atoms with Gasteiger partial charge < -0.3 is 19.3 Å². The summed E-state index contributed by atoms with van der Waals surface area (Å²) in [5.74, 6) is -1.99. The average Bonchev–Trinajstić information content (AvgIpc) is 3.12. The maximum Gasteiger partial charge on any atom is 0.309 e. The smallest absolute Gasteiger partial charge is 0.309 e. The van der Waals surface area contributed by atoms with Gasteiger partial charge in [-0.25, -0.2) is 0 Å². The Labute approximate surface area is 220 Å². The summed E-state index contributed by atoms with van der Waals surface area (Å²) in [7, 11) is 0. The molecule has 1 spiro atoms. The highest BCUT2D eigenvalue weighted by molar-refractivity contribution is 5.72. The molecule has 2 unspecified atom stereocenters. The number of carbonyl (C=O) groups is 3. The summed E-state index contributed by atoms with van der Waals surface area (Å²) >= 11 is 0. The number of esters is 3. The molecule has 2 fully saturated rings. The monoisotopic (exact) mass is 518 g/mol. The summed E-state index contributed by atoms with van der Waals surface area (Å²) in [6.45, 7) is 18.5. The molecule has 0 aromatic heterocycles. The number of rotatable bonds is 9. The van der Waals surface area contributed by atoms with Crippen LogP contribution in [0.3, 0.4) is 0 Å². The predicted molar refractivity (Wildman–Crippen MR) is 137 cm³/mol. The van der Waals surface area contributed by atoms with E-state index >= 15 is 0 Å². The van der Waals surface area contributed by atoms with Gasteiger partial charge in [0.25, 0.3) is 0 Å². The lowest BCUT2D eigenvalue weighted by Gasteiger charge is -2.60. The molecule has 8 nitrogen and oxygen atoms in total. The van der Waals surface area contributed by atoms with Crippen LogP contribution in [0.15, 0.2) is 36.5 Å². The first-order valence-corrected chi connectivity index (χ1v) is 13.2. The van der Waals surface area contributed by atoms with Gasteiger partial charge in [0.05, 0.1) is 17.4 Å². The third-order valence-electron chi connectivity index (χ3n) is 8.95. The van der Waals surface area contributed by atoms with Gasteiger partial charge in [-0.15, -0.1) is 0 Å². The number of hydrogen-bond donors (Lipinski definition) is 1. The maximum absolute atomic E-state index is 12.8. The molecule has 0 aromatic rings. The van der Waals surface area contributed by atoms with E-state index in [1.54, 1.807) is 12.2 Å². The van der Waals surface area contributed by atoms with Gasteiger partial charge in [0.2, 0.25) is 12.6 Å². The number of aliphatic hydroxyl groups excluding tert-OH is 1. The van der Waals surface area contributed by atoms with Gasteiger partial charge in [-0.3, -0.25) is 19.1 Å². The van der Waals surface area contributed by atoms with E-state index in [1.807, 2.05) is 13.8 Å².